The molecule has 0 radical (unpaired) electrons. The Bertz CT molecular complexity index is 1240. The fourth-order valence-corrected chi connectivity index (χ4v) is 7.68. The number of anilines is 1. The van der Waals surface area contributed by atoms with Crippen LogP contribution in [0.15, 0.2) is 36.4 Å². The van der Waals surface area contributed by atoms with E-state index in [1.165, 1.54) is 19.0 Å². The number of nitrogens with one attached hydrogen (secondary N) is 2. The number of hydrogen-bond donors (Lipinski definition) is 2. The number of hydrogen-bond acceptors (Lipinski definition) is 4. The third kappa shape index (κ3) is 3.79. The zero-order valence-corrected chi connectivity index (χ0v) is 22.1. The van der Waals surface area contributed by atoms with E-state index in [0.29, 0.717) is 17.9 Å². The van der Waals surface area contributed by atoms with Crippen LogP contribution in [0.1, 0.15) is 67.2 Å². The molecule has 1 spiro atoms. The lowest BCUT2D eigenvalue weighted by Gasteiger charge is -2.72. The molecule has 8 nitrogen and oxygen atoms in total. The maximum Gasteiger partial charge on any atom is 0.268 e. The molecule has 2 bridgehead atoms. The Morgan fingerprint density at radius 3 is 2.27 bits per heavy atom. The van der Waals surface area contributed by atoms with Gasteiger partial charge in [0.15, 0.2) is 0 Å². The summed E-state index contributed by atoms with van der Waals surface area (Å²) in [5.74, 6) is 0.151. The minimum atomic E-state index is -0.102. The van der Waals surface area contributed by atoms with E-state index in [-0.39, 0.29) is 22.8 Å². The van der Waals surface area contributed by atoms with Gasteiger partial charge in [0.25, 0.3) is 5.91 Å². The van der Waals surface area contributed by atoms with Crippen LogP contribution in [0.4, 0.5) is 5.69 Å². The van der Waals surface area contributed by atoms with Crippen molar-refractivity contribution in [2.45, 2.75) is 64.1 Å². The van der Waals surface area contributed by atoms with Crippen molar-refractivity contribution in [1.82, 2.24) is 19.7 Å². The molecule has 1 aromatic carbocycles. The van der Waals surface area contributed by atoms with Crippen molar-refractivity contribution in [1.29, 1.82) is 0 Å². The van der Waals surface area contributed by atoms with Crippen molar-refractivity contribution in [3.8, 4) is 0 Å². The topological polar surface area (TPSA) is 86.7 Å². The van der Waals surface area contributed by atoms with E-state index in [0.717, 1.165) is 68.7 Å². The van der Waals surface area contributed by atoms with Gasteiger partial charge in [-0.3, -0.25) is 19.3 Å². The molecule has 5 aliphatic rings. The van der Waals surface area contributed by atoms with Crippen LogP contribution in [0.3, 0.4) is 0 Å². The molecule has 4 fully saturated rings. The number of carbonyl (C=O) groups is 3. The second-order valence-electron chi connectivity index (χ2n) is 12.1. The van der Waals surface area contributed by atoms with Crippen LogP contribution in [0, 0.1) is 10.8 Å². The molecule has 2 N–H and O–H groups in total. The number of rotatable bonds is 7. The van der Waals surface area contributed by atoms with Gasteiger partial charge < -0.3 is 20.1 Å². The van der Waals surface area contributed by atoms with Crippen LogP contribution in [0.2, 0.25) is 0 Å². The van der Waals surface area contributed by atoms with E-state index in [1.807, 2.05) is 44.4 Å². The van der Waals surface area contributed by atoms with E-state index in [1.54, 1.807) is 4.90 Å². The van der Waals surface area contributed by atoms with E-state index < -0.39 is 0 Å². The summed E-state index contributed by atoms with van der Waals surface area (Å²) in [5, 5.41) is 5.84. The molecule has 196 valence electrons. The largest absolute Gasteiger partial charge is 0.348 e. The molecule has 4 aliphatic carbocycles. The standard InChI is InChI=1S/C29H37N5O3/c1-20(35)31-22-7-5-21(6-8-22)15-30-25(36)23-9-10-24-29(11-4-12-29)33(13-14-34(23)24)19-27-16-28(17-27,18-27)26(37)32(2)3/h5-10H,4,11-19H2,1-3H3,(H,30,36)(H,31,35). The van der Waals surface area contributed by atoms with Crippen LogP contribution in [-0.2, 0) is 28.2 Å². The summed E-state index contributed by atoms with van der Waals surface area (Å²) in [6.45, 7) is 4.75. The predicted octanol–water partition coefficient (Wildman–Crippen LogP) is 3.33. The van der Waals surface area contributed by atoms with Crippen LogP contribution in [-0.4, -0.2) is 59.3 Å². The number of carbonyl (C=O) groups excluding carboxylic acids is 3. The van der Waals surface area contributed by atoms with Crippen molar-refractivity contribution in [3.63, 3.8) is 0 Å². The zero-order chi connectivity index (χ0) is 26.0. The first-order valence-electron chi connectivity index (χ1n) is 13.5. The first-order chi connectivity index (χ1) is 17.7. The highest BCUT2D eigenvalue weighted by Crippen LogP contribution is 2.74. The second kappa shape index (κ2) is 8.45. The molecule has 1 aromatic heterocycles. The summed E-state index contributed by atoms with van der Waals surface area (Å²) >= 11 is 0. The van der Waals surface area contributed by atoms with Gasteiger partial charge in [0.05, 0.1) is 11.0 Å². The SMILES string of the molecule is CC(=O)Nc1ccc(CNC(=O)c2ccc3n2CCN(CC24CC(C(=O)N(C)C)(C2)C4)C32CCC2)cc1. The fraction of sp³-hybridized carbons (Fsp3) is 0.552. The summed E-state index contributed by atoms with van der Waals surface area (Å²) < 4.78 is 2.24. The highest BCUT2D eigenvalue weighted by Gasteiger charge is 2.72. The lowest BCUT2D eigenvalue weighted by Crippen LogP contribution is -2.72. The Hall–Kier alpha value is -3.13. The van der Waals surface area contributed by atoms with Crippen molar-refractivity contribution < 1.29 is 14.4 Å². The minimum Gasteiger partial charge on any atom is -0.348 e. The normalized spacial score (nSPS) is 26.8. The molecular weight excluding hydrogens is 466 g/mol. The smallest absolute Gasteiger partial charge is 0.268 e. The van der Waals surface area contributed by atoms with Crippen molar-refractivity contribution in [2.75, 3.05) is 32.5 Å². The molecule has 0 unspecified atom stereocenters. The molecule has 2 heterocycles. The number of aromatic nitrogens is 1. The Morgan fingerprint density at radius 1 is 0.973 bits per heavy atom. The molecule has 7 rings (SSSR count). The lowest BCUT2D eigenvalue weighted by atomic mass is 9.34. The monoisotopic (exact) mass is 503 g/mol. The summed E-state index contributed by atoms with van der Waals surface area (Å²) in [7, 11) is 3.74. The van der Waals surface area contributed by atoms with Gasteiger partial charge in [0.1, 0.15) is 5.69 Å². The van der Waals surface area contributed by atoms with E-state index >= 15 is 0 Å². The van der Waals surface area contributed by atoms with Crippen molar-refractivity contribution >= 4 is 23.4 Å². The first-order valence-corrected chi connectivity index (χ1v) is 13.5. The number of nitrogens with zero attached hydrogens (tertiary/aromatic N) is 3. The Morgan fingerprint density at radius 2 is 1.68 bits per heavy atom. The minimum absolute atomic E-state index is 0.0322. The van der Waals surface area contributed by atoms with Gasteiger partial charge in [-0.15, -0.1) is 0 Å². The van der Waals surface area contributed by atoms with Crippen LogP contribution in [0.5, 0.6) is 0 Å². The fourth-order valence-electron chi connectivity index (χ4n) is 7.68. The van der Waals surface area contributed by atoms with Crippen LogP contribution in [0.25, 0.3) is 0 Å². The van der Waals surface area contributed by atoms with Gasteiger partial charge in [0.2, 0.25) is 11.8 Å². The van der Waals surface area contributed by atoms with E-state index in [2.05, 4.69) is 26.2 Å². The van der Waals surface area contributed by atoms with Crippen LogP contribution >= 0.6 is 0 Å². The van der Waals surface area contributed by atoms with Crippen LogP contribution < -0.4 is 10.6 Å². The third-order valence-corrected chi connectivity index (χ3v) is 9.32. The van der Waals surface area contributed by atoms with E-state index in [9.17, 15) is 14.4 Å². The van der Waals surface area contributed by atoms with Gasteiger partial charge in [-0.1, -0.05) is 12.1 Å². The molecule has 37 heavy (non-hydrogen) atoms. The maximum atomic E-state index is 13.2. The van der Waals surface area contributed by atoms with Crippen molar-refractivity contribution in [2.24, 2.45) is 10.8 Å². The summed E-state index contributed by atoms with van der Waals surface area (Å²) in [6, 6.07) is 11.7. The lowest BCUT2D eigenvalue weighted by molar-refractivity contribution is -0.229. The van der Waals surface area contributed by atoms with Gasteiger partial charge in [-0.05, 0) is 73.8 Å². The van der Waals surface area contributed by atoms with Gasteiger partial charge >= 0.3 is 0 Å². The average molecular weight is 504 g/mol. The van der Waals surface area contributed by atoms with Gasteiger partial charge in [-0.2, -0.15) is 0 Å². The van der Waals surface area contributed by atoms with Crippen molar-refractivity contribution in [3.05, 3.63) is 53.3 Å². The summed E-state index contributed by atoms with van der Waals surface area (Å²) in [6.07, 6.45) is 6.58. The Kier molecular flexibility index (Phi) is 5.53. The van der Waals surface area contributed by atoms with Gasteiger partial charge in [0, 0.05) is 58.6 Å². The average Bonchev–Trinajstić information content (AvgIpc) is 3.22. The molecule has 0 atom stereocenters. The first kappa shape index (κ1) is 24.2. The highest BCUT2D eigenvalue weighted by atomic mass is 16.2. The number of benzene rings is 1. The third-order valence-electron chi connectivity index (χ3n) is 9.32. The quantitative estimate of drug-likeness (QED) is 0.607. The summed E-state index contributed by atoms with van der Waals surface area (Å²) in [5.41, 5.74) is 4.00. The molecule has 0 saturated heterocycles. The molecule has 3 amide bonds. The Labute approximate surface area is 218 Å². The van der Waals surface area contributed by atoms with E-state index in [4.69, 9.17) is 0 Å². The second-order valence-corrected chi connectivity index (χ2v) is 12.1. The Balaban J connectivity index is 1.11. The molecule has 2 aromatic rings. The molecule has 8 heteroatoms. The molecular formula is C29H37N5O3. The molecule has 4 saturated carbocycles. The predicted molar refractivity (Wildman–Crippen MR) is 141 cm³/mol. The number of fused-ring (bicyclic) bond motifs is 2. The highest BCUT2D eigenvalue weighted by molar-refractivity contribution is 5.93. The maximum absolute atomic E-state index is 13.2. The zero-order valence-electron chi connectivity index (χ0n) is 22.1. The number of amides is 3. The molecule has 1 aliphatic heterocycles. The summed E-state index contributed by atoms with van der Waals surface area (Å²) in [4.78, 5) is 41.4. The van der Waals surface area contributed by atoms with Gasteiger partial charge in [-0.25, -0.2) is 0 Å².